The summed E-state index contributed by atoms with van der Waals surface area (Å²) >= 11 is 1.23. The van der Waals surface area contributed by atoms with Gasteiger partial charge in [0.15, 0.2) is 5.78 Å². The number of carbonyl (C=O) groups is 3. The molecule has 4 unspecified atom stereocenters. The van der Waals surface area contributed by atoms with Gasteiger partial charge in [0.25, 0.3) is 5.91 Å². The smallest absolute Gasteiger partial charge is 0.327 e. The molecule has 38 heavy (non-hydrogen) atoms. The Bertz CT molecular complexity index is 1520. The quantitative estimate of drug-likeness (QED) is 0.351. The van der Waals surface area contributed by atoms with E-state index in [1.165, 1.54) is 34.6 Å². The Morgan fingerprint density at radius 2 is 1.71 bits per heavy atom. The molecule has 3 heterocycles. The maximum absolute atomic E-state index is 14.1. The molecule has 1 N–H and O–H groups in total. The Morgan fingerprint density at radius 1 is 0.974 bits per heavy atom. The Hall–Kier alpha value is -4.68. The number of thiophene rings is 1. The number of amides is 1. The van der Waals surface area contributed by atoms with Gasteiger partial charge >= 0.3 is 5.97 Å². The van der Waals surface area contributed by atoms with Crippen molar-refractivity contribution < 1.29 is 23.9 Å². The van der Waals surface area contributed by atoms with E-state index in [0.717, 1.165) is 12.1 Å². The monoisotopic (exact) mass is 525 g/mol. The fourth-order valence-corrected chi connectivity index (χ4v) is 5.87. The molecule has 0 saturated carbocycles. The summed E-state index contributed by atoms with van der Waals surface area (Å²) in [5.41, 5.74) is 1.48. The van der Waals surface area contributed by atoms with Gasteiger partial charge in [0, 0.05) is 23.9 Å². The third kappa shape index (κ3) is 4.46. The molecule has 1 amide bonds. The number of nitrogens with zero attached hydrogens (tertiary/aromatic N) is 3. The van der Waals surface area contributed by atoms with E-state index in [4.69, 9.17) is 0 Å². The van der Waals surface area contributed by atoms with Crippen molar-refractivity contribution in [3.63, 3.8) is 0 Å². The predicted octanol–water partition coefficient (Wildman–Crippen LogP) is 5.09. The van der Waals surface area contributed by atoms with Crippen LogP contribution in [0.3, 0.4) is 0 Å². The van der Waals surface area contributed by atoms with Crippen LogP contribution in [0.25, 0.3) is 0 Å². The number of benzene rings is 2. The zero-order valence-electron chi connectivity index (χ0n) is 19.8. The number of pyridine rings is 1. The minimum Gasteiger partial charge on any atom is -0.480 e. The fourth-order valence-electron chi connectivity index (χ4n) is 5.16. The van der Waals surface area contributed by atoms with Crippen LogP contribution in [0.4, 0.5) is 4.39 Å². The van der Waals surface area contributed by atoms with Gasteiger partial charge in [0.05, 0.1) is 28.5 Å². The number of ketones is 1. The normalized spacial score (nSPS) is 20.6. The number of hydrogen-bond acceptors (Lipinski definition) is 6. The second-order valence-corrected chi connectivity index (χ2v) is 9.81. The van der Waals surface area contributed by atoms with Crippen molar-refractivity contribution in [2.45, 2.75) is 18.0 Å². The average molecular weight is 526 g/mol. The number of aromatic nitrogens is 1. The van der Waals surface area contributed by atoms with Crippen molar-refractivity contribution in [2.24, 2.45) is 5.92 Å². The van der Waals surface area contributed by atoms with Crippen LogP contribution in [-0.4, -0.2) is 38.7 Å². The van der Waals surface area contributed by atoms with Crippen LogP contribution < -0.4 is 0 Å². The summed E-state index contributed by atoms with van der Waals surface area (Å²) in [5.74, 6) is -4.69. The second kappa shape index (κ2) is 10.4. The van der Waals surface area contributed by atoms with Crippen molar-refractivity contribution in [1.82, 2.24) is 9.88 Å². The zero-order chi connectivity index (χ0) is 26.8. The van der Waals surface area contributed by atoms with Crippen LogP contribution in [0.5, 0.6) is 0 Å². The minimum atomic E-state index is -1.43. The maximum atomic E-state index is 14.1. The van der Waals surface area contributed by atoms with E-state index >= 15 is 0 Å². The Labute approximate surface area is 221 Å². The first-order valence-corrected chi connectivity index (χ1v) is 12.6. The van der Waals surface area contributed by atoms with E-state index in [0.29, 0.717) is 21.6 Å². The maximum Gasteiger partial charge on any atom is 0.327 e. The highest BCUT2D eigenvalue weighted by Crippen LogP contribution is 2.52. The Kier molecular flexibility index (Phi) is 6.81. The van der Waals surface area contributed by atoms with Crippen molar-refractivity contribution in [1.29, 1.82) is 5.26 Å². The van der Waals surface area contributed by atoms with Crippen molar-refractivity contribution >= 4 is 29.0 Å². The Morgan fingerprint density at radius 3 is 2.29 bits per heavy atom. The van der Waals surface area contributed by atoms with Crippen LogP contribution in [0.15, 0.2) is 90.6 Å². The van der Waals surface area contributed by atoms with Gasteiger partial charge in [-0.15, -0.1) is 11.3 Å². The number of aliphatic carboxylic acids is 1. The molecule has 2 aromatic carbocycles. The van der Waals surface area contributed by atoms with Crippen LogP contribution in [0.2, 0.25) is 0 Å². The largest absolute Gasteiger partial charge is 0.480 e. The number of carboxylic acids is 1. The molecule has 188 valence electrons. The van der Waals surface area contributed by atoms with Gasteiger partial charge in [0.2, 0.25) is 0 Å². The van der Waals surface area contributed by atoms with Gasteiger partial charge in [-0.2, -0.15) is 5.26 Å². The number of likely N-dealkylation sites (tertiary alicyclic amines) is 1. The first-order chi connectivity index (χ1) is 18.4. The van der Waals surface area contributed by atoms with E-state index in [2.05, 4.69) is 4.98 Å². The molecule has 1 aliphatic rings. The molecule has 7 nitrogen and oxygen atoms in total. The minimum absolute atomic E-state index is 0.0920. The number of nitriles is 1. The van der Waals surface area contributed by atoms with Crippen molar-refractivity contribution in [2.75, 3.05) is 0 Å². The molecule has 0 bridgehead atoms. The van der Waals surface area contributed by atoms with Crippen LogP contribution in [0, 0.1) is 23.1 Å². The molecule has 4 atom stereocenters. The molecular weight excluding hydrogens is 505 g/mol. The number of rotatable bonds is 6. The van der Waals surface area contributed by atoms with Gasteiger partial charge in [-0.05, 0) is 65.0 Å². The first kappa shape index (κ1) is 25.0. The molecule has 1 fully saturated rings. The molecule has 0 spiro atoms. The highest BCUT2D eigenvalue weighted by atomic mass is 32.1. The molecule has 1 saturated heterocycles. The third-order valence-electron chi connectivity index (χ3n) is 6.76. The molecular formula is C29H20FN3O4S. The average Bonchev–Trinajstić information content (AvgIpc) is 3.60. The first-order valence-electron chi connectivity index (χ1n) is 11.7. The highest BCUT2D eigenvalue weighted by Gasteiger charge is 2.57. The number of carboxylic acid groups (broad SMARTS) is 1. The van der Waals surface area contributed by atoms with Crippen LogP contribution in [0.1, 0.15) is 48.7 Å². The summed E-state index contributed by atoms with van der Waals surface area (Å²) in [5, 5.41) is 21.5. The Balaban J connectivity index is 1.75. The SMILES string of the molecule is N#Cc1ccc(C2C(C(=O)c3cccs3)C(c3cccnc3)N(C(=O)c3ccc(F)cc3)C2C(=O)O)cc1. The molecule has 5 rings (SSSR count). The molecule has 1 aliphatic heterocycles. The van der Waals surface area contributed by atoms with E-state index < -0.39 is 41.6 Å². The standard InChI is InChI=1S/C29H20FN3O4S/c30-21-11-9-19(10-12-21)28(35)33-25(20-3-1-13-32-16-20)24(27(34)22-4-2-14-38-22)23(26(33)29(36)37)18-7-5-17(15-31)6-8-18/h1-14,16,23-26H,(H,36,37). The number of carbonyl (C=O) groups excluding carboxylic acids is 2. The van der Waals surface area contributed by atoms with Crippen LogP contribution in [-0.2, 0) is 4.79 Å². The van der Waals surface area contributed by atoms with Gasteiger partial charge in [-0.1, -0.05) is 24.3 Å². The number of halogens is 1. The lowest BCUT2D eigenvalue weighted by molar-refractivity contribution is -0.142. The van der Waals surface area contributed by atoms with E-state index in [-0.39, 0.29) is 11.3 Å². The van der Waals surface area contributed by atoms with Gasteiger partial charge in [-0.25, -0.2) is 9.18 Å². The van der Waals surface area contributed by atoms with Gasteiger partial charge in [-0.3, -0.25) is 14.6 Å². The van der Waals surface area contributed by atoms with Gasteiger partial charge < -0.3 is 10.0 Å². The van der Waals surface area contributed by atoms with Crippen LogP contribution >= 0.6 is 11.3 Å². The predicted molar refractivity (Wildman–Crippen MR) is 137 cm³/mol. The molecule has 9 heteroatoms. The summed E-state index contributed by atoms with van der Waals surface area (Å²) in [6, 6.07) is 17.6. The van der Waals surface area contributed by atoms with E-state index in [9.17, 15) is 29.1 Å². The number of Topliss-reactive ketones (excluding diaryl/α,β-unsaturated/α-hetero) is 1. The van der Waals surface area contributed by atoms with Crippen molar-refractivity contribution in [3.05, 3.63) is 124 Å². The molecule has 0 radical (unpaired) electrons. The molecule has 2 aromatic heterocycles. The summed E-state index contributed by atoms with van der Waals surface area (Å²) in [6.07, 6.45) is 3.07. The lowest BCUT2D eigenvalue weighted by Crippen LogP contribution is -2.43. The summed E-state index contributed by atoms with van der Waals surface area (Å²) in [4.78, 5) is 46.8. The highest BCUT2D eigenvalue weighted by molar-refractivity contribution is 7.12. The number of hydrogen-bond donors (Lipinski definition) is 1. The molecule has 0 aliphatic carbocycles. The van der Waals surface area contributed by atoms with Gasteiger partial charge in [0.1, 0.15) is 11.9 Å². The lowest BCUT2D eigenvalue weighted by Gasteiger charge is -2.30. The second-order valence-electron chi connectivity index (χ2n) is 8.86. The summed E-state index contributed by atoms with van der Waals surface area (Å²) in [6.45, 7) is 0. The fraction of sp³-hybridized carbons (Fsp3) is 0.138. The molecule has 4 aromatic rings. The summed E-state index contributed by atoms with van der Waals surface area (Å²) < 4.78 is 13.7. The van der Waals surface area contributed by atoms with Crippen molar-refractivity contribution in [3.8, 4) is 6.07 Å². The lowest BCUT2D eigenvalue weighted by atomic mass is 9.77. The van der Waals surface area contributed by atoms with E-state index in [1.54, 1.807) is 60.1 Å². The van der Waals surface area contributed by atoms with E-state index in [1.807, 2.05) is 6.07 Å². The topological polar surface area (TPSA) is 111 Å². The third-order valence-corrected chi connectivity index (χ3v) is 7.65. The summed E-state index contributed by atoms with van der Waals surface area (Å²) in [7, 11) is 0. The zero-order valence-corrected chi connectivity index (χ0v) is 20.6.